The van der Waals surface area contributed by atoms with E-state index < -0.39 is 5.54 Å². The Labute approximate surface area is 120 Å². The molecule has 0 amide bonds. The van der Waals surface area contributed by atoms with Crippen molar-refractivity contribution < 1.29 is 9.47 Å². The first-order valence-electron chi connectivity index (χ1n) is 7.00. The van der Waals surface area contributed by atoms with Gasteiger partial charge in [0.1, 0.15) is 5.54 Å². The molecule has 0 bridgehead atoms. The molecule has 0 spiro atoms. The van der Waals surface area contributed by atoms with Crippen molar-refractivity contribution in [3.63, 3.8) is 0 Å². The number of nitrogens with zero attached hydrogens (tertiary/aromatic N) is 2. The van der Waals surface area contributed by atoms with Crippen LogP contribution in [0.1, 0.15) is 25.3 Å². The van der Waals surface area contributed by atoms with Crippen molar-refractivity contribution in [3.8, 4) is 17.6 Å². The van der Waals surface area contributed by atoms with Crippen LogP contribution in [0.5, 0.6) is 11.5 Å². The summed E-state index contributed by atoms with van der Waals surface area (Å²) in [6.45, 7) is 4.05. The number of hydrogen-bond donors (Lipinski definition) is 0. The third-order valence-corrected chi connectivity index (χ3v) is 4.04. The van der Waals surface area contributed by atoms with Crippen LogP contribution >= 0.6 is 0 Å². The van der Waals surface area contributed by atoms with Gasteiger partial charge in [-0.3, -0.25) is 4.90 Å². The summed E-state index contributed by atoms with van der Waals surface area (Å²) in [6, 6.07) is 8.36. The van der Waals surface area contributed by atoms with Gasteiger partial charge in [0.15, 0.2) is 11.5 Å². The highest BCUT2D eigenvalue weighted by Crippen LogP contribution is 2.31. The van der Waals surface area contributed by atoms with Crippen molar-refractivity contribution >= 4 is 0 Å². The Morgan fingerprint density at radius 3 is 2.40 bits per heavy atom. The molecule has 1 aliphatic heterocycles. The number of rotatable bonds is 5. The summed E-state index contributed by atoms with van der Waals surface area (Å²) in [5.41, 5.74) is 0.648. The van der Waals surface area contributed by atoms with Gasteiger partial charge in [0, 0.05) is 6.42 Å². The van der Waals surface area contributed by atoms with E-state index in [2.05, 4.69) is 11.0 Å². The van der Waals surface area contributed by atoms with Crippen molar-refractivity contribution in [1.82, 2.24) is 4.90 Å². The first-order chi connectivity index (χ1) is 9.62. The molecule has 2 rings (SSSR count). The van der Waals surface area contributed by atoms with Gasteiger partial charge >= 0.3 is 0 Å². The smallest absolute Gasteiger partial charge is 0.160 e. The molecule has 1 aliphatic rings. The zero-order valence-corrected chi connectivity index (χ0v) is 12.5. The van der Waals surface area contributed by atoms with Crippen LogP contribution in [0.4, 0.5) is 0 Å². The maximum Gasteiger partial charge on any atom is 0.160 e. The lowest BCUT2D eigenvalue weighted by Gasteiger charge is -2.32. The molecule has 20 heavy (non-hydrogen) atoms. The molecule has 0 radical (unpaired) electrons. The molecule has 1 fully saturated rings. The van der Waals surface area contributed by atoms with Gasteiger partial charge < -0.3 is 9.47 Å². The maximum atomic E-state index is 9.59. The van der Waals surface area contributed by atoms with Gasteiger partial charge in [0.2, 0.25) is 0 Å². The molecule has 0 N–H and O–H groups in total. The van der Waals surface area contributed by atoms with Gasteiger partial charge in [0.25, 0.3) is 0 Å². The third-order valence-electron chi connectivity index (χ3n) is 4.04. The fourth-order valence-corrected chi connectivity index (χ4v) is 2.82. The van der Waals surface area contributed by atoms with E-state index in [9.17, 15) is 5.26 Å². The second-order valence-electron chi connectivity index (χ2n) is 5.45. The van der Waals surface area contributed by atoms with E-state index in [-0.39, 0.29) is 0 Å². The number of benzene rings is 1. The number of hydrogen-bond acceptors (Lipinski definition) is 4. The summed E-state index contributed by atoms with van der Waals surface area (Å²) in [5, 5.41) is 9.59. The number of ether oxygens (including phenoxy) is 2. The number of likely N-dealkylation sites (tertiary alicyclic amines) is 1. The van der Waals surface area contributed by atoms with Crippen molar-refractivity contribution in [2.24, 2.45) is 0 Å². The van der Waals surface area contributed by atoms with E-state index in [1.165, 1.54) is 12.8 Å². The fourth-order valence-electron chi connectivity index (χ4n) is 2.82. The van der Waals surface area contributed by atoms with Crippen LogP contribution in [0.25, 0.3) is 0 Å². The van der Waals surface area contributed by atoms with Gasteiger partial charge in [-0.05, 0) is 50.6 Å². The van der Waals surface area contributed by atoms with Gasteiger partial charge in [-0.1, -0.05) is 6.07 Å². The molecule has 0 saturated carbocycles. The number of methoxy groups -OCH3 is 2. The van der Waals surface area contributed by atoms with Crippen LogP contribution < -0.4 is 9.47 Å². The van der Waals surface area contributed by atoms with E-state index >= 15 is 0 Å². The predicted octanol–water partition coefficient (Wildman–Crippen LogP) is 2.62. The fraction of sp³-hybridized carbons (Fsp3) is 0.562. The molecule has 4 nitrogen and oxygen atoms in total. The van der Waals surface area contributed by atoms with E-state index in [0.717, 1.165) is 24.4 Å². The topological polar surface area (TPSA) is 45.5 Å². The highest BCUT2D eigenvalue weighted by molar-refractivity contribution is 5.43. The van der Waals surface area contributed by atoms with E-state index in [1.54, 1.807) is 14.2 Å². The largest absolute Gasteiger partial charge is 0.493 e. The summed E-state index contributed by atoms with van der Waals surface area (Å²) in [6.07, 6.45) is 3.07. The highest BCUT2D eigenvalue weighted by atomic mass is 16.5. The van der Waals surface area contributed by atoms with Gasteiger partial charge in [-0.25, -0.2) is 0 Å². The van der Waals surface area contributed by atoms with Gasteiger partial charge in [-0.2, -0.15) is 5.26 Å². The minimum atomic E-state index is -0.448. The van der Waals surface area contributed by atoms with Crippen LogP contribution in [0.15, 0.2) is 18.2 Å². The first kappa shape index (κ1) is 14.7. The van der Waals surface area contributed by atoms with Crippen molar-refractivity contribution in [3.05, 3.63) is 23.8 Å². The molecular weight excluding hydrogens is 252 g/mol. The highest BCUT2D eigenvalue weighted by Gasteiger charge is 2.34. The lowest BCUT2D eigenvalue weighted by atomic mass is 9.92. The zero-order chi connectivity index (χ0) is 14.6. The molecule has 1 unspecified atom stereocenters. The predicted molar refractivity (Wildman–Crippen MR) is 78.1 cm³/mol. The van der Waals surface area contributed by atoms with Crippen LogP contribution in [-0.2, 0) is 6.42 Å². The molecule has 4 heteroatoms. The minimum absolute atomic E-state index is 0.448. The summed E-state index contributed by atoms with van der Waals surface area (Å²) in [4.78, 5) is 2.28. The standard InChI is InChI=1S/C16H22N2O2/c1-16(12-17,18-8-4-5-9-18)11-13-6-7-14(19-2)15(10-13)20-3/h6-7,10H,4-5,8-9,11H2,1-3H3. The second-order valence-corrected chi connectivity index (χ2v) is 5.45. The first-order valence-corrected chi connectivity index (χ1v) is 7.00. The van der Waals surface area contributed by atoms with Gasteiger partial charge in [0.05, 0.1) is 20.3 Å². The van der Waals surface area contributed by atoms with E-state index in [4.69, 9.17) is 9.47 Å². The molecular formula is C16H22N2O2. The average molecular weight is 274 g/mol. The Hall–Kier alpha value is -1.73. The number of nitriles is 1. The minimum Gasteiger partial charge on any atom is -0.493 e. The molecule has 1 atom stereocenters. The monoisotopic (exact) mass is 274 g/mol. The zero-order valence-electron chi connectivity index (χ0n) is 12.5. The summed E-state index contributed by atoms with van der Waals surface area (Å²) in [7, 11) is 3.26. The third kappa shape index (κ3) is 2.88. The average Bonchev–Trinajstić information content (AvgIpc) is 3.01. The van der Waals surface area contributed by atoms with Crippen LogP contribution in [0.3, 0.4) is 0 Å². The van der Waals surface area contributed by atoms with E-state index in [0.29, 0.717) is 12.2 Å². The Morgan fingerprint density at radius 2 is 1.85 bits per heavy atom. The lowest BCUT2D eigenvalue weighted by molar-refractivity contribution is 0.191. The van der Waals surface area contributed by atoms with Crippen molar-refractivity contribution in [1.29, 1.82) is 5.26 Å². The lowest BCUT2D eigenvalue weighted by Crippen LogP contribution is -2.45. The van der Waals surface area contributed by atoms with Crippen molar-refractivity contribution in [2.75, 3.05) is 27.3 Å². The molecule has 1 saturated heterocycles. The quantitative estimate of drug-likeness (QED) is 0.828. The molecule has 1 aromatic carbocycles. The molecule has 1 aromatic rings. The van der Waals surface area contributed by atoms with Crippen LogP contribution in [-0.4, -0.2) is 37.7 Å². The summed E-state index contributed by atoms with van der Waals surface area (Å²) >= 11 is 0. The van der Waals surface area contributed by atoms with Crippen LogP contribution in [0, 0.1) is 11.3 Å². The second kappa shape index (κ2) is 6.15. The Kier molecular flexibility index (Phi) is 4.51. The maximum absolute atomic E-state index is 9.59. The molecule has 1 heterocycles. The summed E-state index contributed by atoms with van der Waals surface area (Å²) < 4.78 is 10.6. The Morgan fingerprint density at radius 1 is 1.20 bits per heavy atom. The van der Waals surface area contributed by atoms with E-state index in [1.807, 2.05) is 25.1 Å². The molecule has 108 valence electrons. The SMILES string of the molecule is COc1ccc(CC(C)(C#N)N2CCCC2)cc1OC. The van der Waals surface area contributed by atoms with Gasteiger partial charge in [-0.15, -0.1) is 0 Å². The molecule has 0 aromatic heterocycles. The Bertz CT molecular complexity index is 504. The summed E-state index contributed by atoms with van der Waals surface area (Å²) in [5.74, 6) is 1.43. The normalized spacial score (nSPS) is 18.3. The molecule has 0 aliphatic carbocycles. The Balaban J connectivity index is 2.21. The van der Waals surface area contributed by atoms with Crippen molar-refractivity contribution in [2.45, 2.75) is 31.7 Å². The van der Waals surface area contributed by atoms with Crippen LogP contribution in [0.2, 0.25) is 0 Å².